The van der Waals surface area contributed by atoms with Crippen LogP contribution in [0.4, 0.5) is 11.4 Å². The minimum absolute atomic E-state index is 0.506. The van der Waals surface area contributed by atoms with Gasteiger partial charge in [-0.25, -0.2) is 0 Å². The fraction of sp³-hybridized carbons (Fsp3) is 0.273. The zero-order valence-corrected chi connectivity index (χ0v) is 9.32. The molecule has 16 heavy (non-hydrogen) atoms. The molecule has 1 aromatic carbocycles. The van der Waals surface area contributed by atoms with Crippen molar-refractivity contribution < 1.29 is 4.52 Å². The number of nitrogens with two attached hydrogens (primary N) is 1. The van der Waals surface area contributed by atoms with Crippen molar-refractivity contribution in [3.63, 3.8) is 0 Å². The Morgan fingerprint density at radius 1 is 1.38 bits per heavy atom. The third-order valence-electron chi connectivity index (χ3n) is 2.30. The number of nitrogens with one attached hydrogen (secondary N) is 1. The molecule has 0 aliphatic heterocycles. The molecule has 0 saturated heterocycles. The van der Waals surface area contributed by atoms with Crippen LogP contribution in [0.15, 0.2) is 22.7 Å². The van der Waals surface area contributed by atoms with Gasteiger partial charge in [0.2, 0.25) is 5.89 Å². The number of nitrogens with zero attached hydrogens (tertiary/aromatic N) is 2. The van der Waals surface area contributed by atoms with Crippen molar-refractivity contribution in [1.29, 1.82) is 0 Å². The van der Waals surface area contributed by atoms with Gasteiger partial charge in [-0.3, -0.25) is 0 Å². The molecule has 2 aromatic rings. The van der Waals surface area contributed by atoms with Gasteiger partial charge in [-0.15, -0.1) is 0 Å². The highest BCUT2D eigenvalue weighted by Crippen LogP contribution is 2.22. The van der Waals surface area contributed by atoms with Crippen molar-refractivity contribution in [2.45, 2.75) is 20.4 Å². The molecule has 5 heteroatoms. The van der Waals surface area contributed by atoms with Crippen LogP contribution in [0.5, 0.6) is 0 Å². The Kier molecular flexibility index (Phi) is 2.76. The van der Waals surface area contributed by atoms with Gasteiger partial charge in [-0.1, -0.05) is 17.3 Å². The molecule has 1 heterocycles. The molecule has 84 valence electrons. The van der Waals surface area contributed by atoms with Crippen molar-refractivity contribution in [2.24, 2.45) is 0 Å². The van der Waals surface area contributed by atoms with Gasteiger partial charge < -0.3 is 15.6 Å². The van der Waals surface area contributed by atoms with Gasteiger partial charge in [0.1, 0.15) is 0 Å². The minimum atomic E-state index is 0.506. The largest absolute Gasteiger partial charge is 0.397 e. The third-order valence-corrected chi connectivity index (χ3v) is 2.30. The highest BCUT2D eigenvalue weighted by molar-refractivity contribution is 5.69. The summed E-state index contributed by atoms with van der Waals surface area (Å²) in [4.78, 5) is 4.10. The number of aryl methyl sites for hydroxylation is 2. The monoisotopic (exact) mass is 218 g/mol. The summed E-state index contributed by atoms with van der Waals surface area (Å²) in [5, 5.41) is 7.00. The third kappa shape index (κ3) is 2.13. The summed E-state index contributed by atoms with van der Waals surface area (Å²) in [6, 6.07) is 5.78. The Morgan fingerprint density at radius 3 is 2.81 bits per heavy atom. The molecular weight excluding hydrogens is 204 g/mol. The summed E-state index contributed by atoms with van der Waals surface area (Å²) < 4.78 is 4.88. The molecule has 0 atom stereocenters. The van der Waals surface area contributed by atoms with Crippen LogP contribution in [0.1, 0.15) is 17.3 Å². The van der Waals surface area contributed by atoms with E-state index in [1.165, 1.54) is 0 Å². The first-order valence-corrected chi connectivity index (χ1v) is 5.05. The van der Waals surface area contributed by atoms with Gasteiger partial charge in [-0.05, 0) is 18.6 Å². The zero-order valence-electron chi connectivity index (χ0n) is 9.32. The molecule has 0 spiro atoms. The molecule has 1 aromatic heterocycles. The van der Waals surface area contributed by atoms with Crippen molar-refractivity contribution in [3.8, 4) is 0 Å². The molecule has 2 rings (SSSR count). The number of hydrogen-bond donors (Lipinski definition) is 2. The quantitative estimate of drug-likeness (QED) is 0.769. The van der Waals surface area contributed by atoms with Crippen molar-refractivity contribution in [1.82, 2.24) is 10.1 Å². The van der Waals surface area contributed by atoms with E-state index >= 15 is 0 Å². The van der Waals surface area contributed by atoms with Crippen LogP contribution in [-0.2, 0) is 6.54 Å². The Hall–Kier alpha value is -2.04. The smallest absolute Gasteiger partial charge is 0.223 e. The van der Waals surface area contributed by atoms with Gasteiger partial charge in [0.15, 0.2) is 5.82 Å². The van der Waals surface area contributed by atoms with Gasteiger partial charge in [0.25, 0.3) is 0 Å². The van der Waals surface area contributed by atoms with Gasteiger partial charge in [0.05, 0.1) is 17.9 Å². The second-order valence-electron chi connectivity index (χ2n) is 3.62. The second kappa shape index (κ2) is 4.22. The zero-order chi connectivity index (χ0) is 11.5. The molecule has 0 saturated carbocycles. The molecule has 0 amide bonds. The Labute approximate surface area is 93.7 Å². The maximum Gasteiger partial charge on any atom is 0.223 e. The van der Waals surface area contributed by atoms with Crippen LogP contribution < -0.4 is 11.1 Å². The fourth-order valence-electron chi connectivity index (χ4n) is 1.51. The van der Waals surface area contributed by atoms with E-state index < -0.39 is 0 Å². The van der Waals surface area contributed by atoms with Crippen molar-refractivity contribution >= 4 is 11.4 Å². The Morgan fingerprint density at radius 2 is 2.19 bits per heavy atom. The van der Waals surface area contributed by atoms with E-state index in [9.17, 15) is 0 Å². The van der Waals surface area contributed by atoms with E-state index in [0.717, 1.165) is 16.9 Å². The first-order chi connectivity index (χ1) is 7.66. The summed E-state index contributed by atoms with van der Waals surface area (Å²) in [6.45, 7) is 4.27. The van der Waals surface area contributed by atoms with Crippen molar-refractivity contribution in [2.75, 3.05) is 11.1 Å². The molecule has 0 radical (unpaired) electrons. The Bertz CT molecular complexity index is 472. The second-order valence-corrected chi connectivity index (χ2v) is 3.62. The summed E-state index contributed by atoms with van der Waals surface area (Å²) in [5.41, 5.74) is 8.61. The predicted molar refractivity (Wildman–Crippen MR) is 62.0 cm³/mol. The van der Waals surface area contributed by atoms with E-state index in [0.29, 0.717) is 18.3 Å². The SMILES string of the molecule is Cc1nc(CNc2c(C)cccc2N)no1. The summed E-state index contributed by atoms with van der Waals surface area (Å²) >= 11 is 0. The van der Waals surface area contributed by atoms with E-state index in [1.807, 2.05) is 25.1 Å². The van der Waals surface area contributed by atoms with Crippen LogP contribution in [0, 0.1) is 13.8 Å². The van der Waals surface area contributed by atoms with E-state index in [-0.39, 0.29) is 0 Å². The highest BCUT2D eigenvalue weighted by atomic mass is 16.5. The highest BCUT2D eigenvalue weighted by Gasteiger charge is 2.05. The van der Waals surface area contributed by atoms with Crippen molar-refractivity contribution in [3.05, 3.63) is 35.5 Å². The van der Waals surface area contributed by atoms with Crippen LogP contribution in [0.3, 0.4) is 0 Å². The predicted octanol–water partition coefficient (Wildman–Crippen LogP) is 1.88. The van der Waals surface area contributed by atoms with Gasteiger partial charge >= 0.3 is 0 Å². The van der Waals surface area contributed by atoms with Crippen LogP contribution >= 0.6 is 0 Å². The molecule has 0 aliphatic carbocycles. The van der Waals surface area contributed by atoms with Crippen LogP contribution in [0.25, 0.3) is 0 Å². The van der Waals surface area contributed by atoms with E-state index in [4.69, 9.17) is 10.3 Å². The topological polar surface area (TPSA) is 77.0 Å². The lowest BCUT2D eigenvalue weighted by Gasteiger charge is -2.10. The summed E-state index contributed by atoms with van der Waals surface area (Å²) in [6.07, 6.45) is 0. The summed E-state index contributed by atoms with van der Waals surface area (Å²) in [5.74, 6) is 1.19. The lowest BCUT2D eigenvalue weighted by atomic mass is 10.1. The fourth-order valence-corrected chi connectivity index (χ4v) is 1.51. The molecular formula is C11H14N4O. The lowest BCUT2D eigenvalue weighted by molar-refractivity contribution is 0.388. The number of benzene rings is 1. The molecule has 0 fully saturated rings. The standard InChI is InChI=1S/C11H14N4O/c1-7-4-3-5-9(12)11(7)13-6-10-14-8(2)16-15-10/h3-5,13H,6,12H2,1-2H3. The summed E-state index contributed by atoms with van der Waals surface area (Å²) in [7, 11) is 0. The minimum Gasteiger partial charge on any atom is -0.397 e. The van der Waals surface area contributed by atoms with Crippen LogP contribution in [0.2, 0.25) is 0 Å². The number of hydrogen-bond acceptors (Lipinski definition) is 5. The lowest BCUT2D eigenvalue weighted by Crippen LogP contribution is -2.05. The van der Waals surface area contributed by atoms with Crippen LogP contribution in [-0.4, -0.2) is 10.1 Å². The van der Waals surface area contributed by atoms with Gasteiger partial charge in [0, 0.05) is 6.92 Å². The van der Waals surface area contributed by atoms with E-state index in [1.54, 1.807) is 6.92 Å². The number of rotatable bonds is 3. The van der Waals surface area contributed by atoms with Gasteiger partial charge in [-0.2, -0.15) is 4.98 Å². The number of aromatic nitrogens is 2. The molecule has 3 N–H and O–H groups in total. The van der Waals surface area contributed by atoms with E-state index in [2.05, 4.69) is 15.5 Å². The first-order valence-electron chi connectivity index (χ1n) is 5.05. The molecule has 0 bridgehead atoms. The molecule has 5 nitrogen and oxygen atoms in total. The maximum absolute atomic E-state index is 5.86. The first kappa shape index (κ1) is 10.5. The number of para-hydroxylation sites is 1. The molecule has 0 unspecified atom stereocenters. The average Bonchev–Trinajstić information content (AvgIpc) is 2.63. The average molecular weight is 218 g/mol. The maximum atomic E-state index is 5.86. The number of nitrogen functional groups attached to an aromatic ring is 1. The molecule has 0 aliphatic rings. The Balaban J connectivity index is 2.10. The number of anilines is 2. The normalized spacial score (nSPS) is 10.4.